The van der Waals surface area contributed by atoms with Crippen molar-refractivity contribution < 1.29 is 18.7 Å². The summed E-state index contributed by atoms with van der Waals surface area (Å²) in [6, 6.07) is 18.1. The summed E-state index contributed by atoms with van der Waals surface area (Å²) in [6.45, 7) is 3.42. The lowest BCUT2D eigenvalue weighted by atomic mass is 10.0. The molecule has 1 N–H and O–H groups in total. The van der Waals surface area contributed by atoms with Crippen molar-refractivity contribution in [2.75, 3.05) is 19.7 Å². The molecule has 192 valence electrons. The maximum Gasteiger partial charge on any atom is 0.250 e. The molecule has 2 aromatic carbocycles. The number of nitrogens with one attached hydrogen (secondary N) is 1. The van der Waals surface area contributed by atoms with Gasteiger partial charge in [-0.25, -0.2) is 4.68 Å². The number of hydrogen-bond donors (Lipinski definition) is 1. The highest BCUT2D eigenvalue weighted by Gasteiger charge is 2.34. The molecule has 1 saturated heterocycles. The molecule has 0 aliphatic carbocycles. The number of amides is 2. The standard InChI is InChI=1S/C28H31N5O4/c1-20-8-2-3-9-21(20)14-15-32(26(34)19-33-24-12-5-4-11-23(24)30-31-33)27(25-13-7-17-37-25)28(35)29-18-22-10-6-16-36-22/h2-5,7-9,11-13,17,22,27H,6,10,14-16,18-19H2,1H3,(H,29,35)/t22-,27+/m0/s1. The van der Waals surface area contributed by atoms with E-state index in [0.29, 0.717) is 37.4 Å². The average molecular weight is 502 g/mol. The molecule has 4 aromatic rings. The molecule has 0 spiro atoms. The number of nitrogens with zero attached hydrogens (tertiary/aromatic N) is 4. The Morgan fingerprint density at radius 3 is 2.76 bits per heavy atom. The van der Waals surface area contributed by atoms with Gasteiger partial charge in [-0.05, 0) is 61.6 Å². The van der Waals surface area contributed by atoms with Crippen LogP contribution in [-0.2, 0) is 27.3 Å². The summed E-state index contributed by atoms with van der Waals surface area (Å²) in [5.74, 6) is -0.142. The van der Waals surface area contributed by atoms with Gasteiger partial charge in [-0.3, -0.25) is 9.59 Å². The van der Waals surface area contributed by atoms with Gasteiger partial charge in [0.25, 0.3) is 5.91 Å². The van der Waals surface area contributed by atoms with Gasteiger partial charge in [0.2, 0.25) is 5.91 Å². The molecule has 0 saturated carbocycles. The quantitative estimate of drug-likeness (QED) is 0.357. The minimum atomic E-state index is -0.928. The highest BCUT2D eigenvalue weighted by Crippen LogP contribution is 2.24. The first-order chi connectivity index (χ1) is 18.1. The van der Waals surface area contributed by atoms with Crippen molar-refractivity contribution in [2.24, 2.45) is 0 Å². The summed E-state index contributed by atoms with van der Waals surface area (Å²) in [7, 11) is 0. The van der Waals surface area contributed by atoms with Gasteiger partial charge >= 0.3 is 0 Å². The SMILES string of the molecule is Cc1ccccc1CCN(C(=O)Cn1nnc2ccccc21)[C@@H](C(=O)NC[C@@H]1CCCO1)c1ccco1. The predicted octanol–water partition coefficient (Wildman–Crippen LogP) is 3.44. The number of rotatable bonds is 10. The van der Waals surface area contributed by atoms with Crippen LogP contribution in [0.15, 0.2) is 71.3 Å². The van der Waals surface area contributed by atoms with Crippen LogP contribution in [0.3, 0.4) is 0 Å². The summed E-state index contributed by atoms with van der Waals surface area (Å²) >= 11 is 0. The minimum Gasteiger partial charge on any atom is -0.467 e. The summed E-state index contributed by atoms with van der Waals surface area (Å²) in [6.07, 6.45) is 3.98. The lowest BCUT2D eigenvalue weighted by molar-refractivity contribution is -0.142. The molecular weight excluding hydrogens is 470 g/mol. The van der Waals surface area contributed by atoms with Gasteiger partial charge in [0.15, 0.2) is 6.04 Å². The number of ether oxygens (including phenoxy) is 1. The van der Waals surface area contributed by atoms with Crippen molar-refractivity contribution in [3.63, 3.8) is 0 Å². The summed E-state index contributed by atoms with van der Waals surface area (Å²) < 4.78 is 12.9. The first-order valence-electron chi connectivity index (χ1n) is 12.6. The topological polar surface area (TPSA) is 102 Å². The second kappa shape index (κ2) is 11.4. The van der Waals surface area contributed by atoms with Crippen molar-refractivity contribution in [1.29, 1.82) is 0 Å². The van der Waals surface area contributed by atoms with Crippen molar-refractivity contribution in [3.05, 3.63) is 83.8 Å². The number of carbonyl (C=O) groups is 2. The Labute approximate surface area is 215 Å². The normalized spacial score (nSPS) is 16.1. The molecule has 1 aliphatic heterocycles. The largest absolute Gasteiger partial charge is 0.467 e. The van der Waals surface area contributed by atoms with Crippen molar-refractivity contribution >= 4 is 22.8 Å². The van der Waals surface area contributed by atoms with Gasteiger partial charge in [0.05, 0.1) is 17.9 Å². The fourth-order valence-electron chi connectivity index (χ4n) is 4.77. The smallest absolute Gasteiger partial charge is 0.250 e. The Balaban J connectivity index is 1.43. The van der Waals surface area contributed by atoms with Gasteiger partial charge in [-0.1, -0.05) is 41.6 Å². The van der Waals surface area contributed by atoms with Crippen LogP contribution in [0.1, 0.15) is 35.8 Å². The molecule has 2 aromatic heterocycles. The number of furan rings is 1. The number of carbonyl (C=O) groups excluding carboxylic acids is 2. The Morgan fingerprint density at radius 1 is 1.14 bits per heavy atom. The van der Waals surface area contributed by atoms with E-state index in [4.69, 9.17) is 9.15 Å². The van der Waals surface area contributed by atoms with E-state index in [2.05, 4.69) is 15.6 Å². The number of aryl methyl sites for hydroxylation is 1. The van der Waals surface area contributed by atoms with Crippen molar-refractivity contribution in [3.8, 4) is 0 Å². The zero-order chi connectivity index (χ0) is 25.6. The zero-order valence-electron chi connectivity index (χ0n) is 20.9. The number of aromatic nitrogens is 3. The van der Waals surface area contributed by atoms with E-state index in [1.54, 1.807) is 21.7 Å². The van der Waals surface area contributed by atoms with Gasteiger partial charge < -0.3 is 19.4 Å². The number of para-hydroxylation sites is 1. The van der Waals surface area contributed by atoms with E-state index in [9.17, 15) is 9.59 Å². The molecule has 0 bridgehead atoms. The van der Waals surface area contributed by atoms with Crippen LogP contribution in [0.5, 0.6) is 0 Å². The maximum atomic E-state index is 13.9. The van der Waals surface area contributed by atoms with Crippen LogP contribution in [0.2, 0.25) is 0 Å². The molecule has 3 heterocycles. The Bertz CT molecular complexity index is 1340. The second-order valence-electron chi connectivity index (χ2n) is 9.30. The maximum absolute atomic E-state index is 13.9. The van der Waals surface area contributed by atoms with Crippen LogP contribution < -0.4 is 5.32 Å². The van der Waals surface area contributed by atoms with E-state index in [0.717, 1.165) is 29.5 Å². The third-order valence-electron chi connectivity index (χ3n) is 6.81. The molecule has 2 amide bonds. The third kappa shape index (κ3) is 5.72. The molecule has 0 unspecified atom stereocenters. The fourth-order valence-corrected chi connectivity index (χ4v) is 4.77. The lowest BCUT2D eigenvalue weighted by Crippen LogP contribution is -2.47. The van der Waals surface area contributed by atoms with Crippen LogP contribution in [0.4, 0.5) is 0 Å². The van der Waals surface area contributed by atoms with Crippen LogP contribution in [0, 0.1) is 6.92 Å². The molecule has 0 radical (unpaired) electrons. The molecular formula is C28H31N5O4. The van der Waals surface area contributed by atoms with Crippen molar-refractivity contribution in [1.82, 2.24) is 25.2 Å². The fraction of sp³-hybridized carbons (Fsp3) is 0.357. The first-order valence-corrected chi connectivity index (χ1v) is 12.6. The van der Waals surface area contributed by atoms with Gasteiger partial charge in [-0.15, -0.1) is 5.10 Å². The highest BCUT2D eigenvalue weighted by molar-refractivity contribution is 5.88. The van der Waals surface area contributed by atoms with E-state index >= 15 is 0 Å². The van der Waals surface area contributed by atoms with Crippen LogP contribution in [-0.4, -0.2) is 57.5 Å². The van der Waals surface area contributed by atoms with Crippen molar-refractivity contribution in [2.45, 2.75) is 44.9 Å². The molecule has 37 heavy (non-hydrogen) atoms. The average Bonchev–Trinajstić information content (AvgIpc) is 3.69. The molecule has 1 aliphatic rings. The van der Waals surface area contributed by atoms with E-state index in [1.165, 1.54) is 6.26 Å². The Hall–Kier alpha value is -3.98. The van der Waals surface area contributed by atoms with Gasteiger partial charge in [-0.2, -0.15) is 0 Å². The number of hydrogen-bond acceptors (Lipinski definition) is 6. The highest BCUT2D eigenvalue weighted by atomic mass is 16.5. The van der Waals surface area contributed by atoms with E-state index < -0.39 is 6.04 Å². The lowest BCUT2D eigenvalue weighted by Gasteiger charge is -2.30. The van der Waals surface area contributed by atoms with Crippen LogP contribution >= 0.6 is 0 Å². The Morgan fingerprint density at radius 2 is 1.97 bits per heavy atom. The minimum absolute atomic E-state index is 0.0150. The summed E-state index contributed by atoms with van der Waals surface area (Å²) in [5.41, 5.74) is 3.71. The van der Waals surface area contributed by atoms with Crippen LogP contribution in [0.25, 0.3) is 11.0 Å². The molecule has 9 nitrogen and oxygen atoms in total. The summed E-state index contributed by atoms with van der Waals surface area (Å²) in [5, 5.41) is 11.3. The number of fused-ring (bicyclic) bond motifs is 1. The van der Waals surface area contributed by atoms with E-state index in [-0.39, 0.29) is 24.5 Å². The van der Waals surface area contributed by atoms with Gasteiger partial charge in [0.1, 0.15) is 17.8 Å². The monoisotopic (exact) mass is 501 g/mol. The predicted molar refractivity (Wildman–Crippen MR) is 138 cm³/mol. The zero-order valence-corrected chi connectivity index (χ0v) is 20.9. The first kappa shape index (κ1) is 24.7. The van der Waals surface area contributed by atoms with Gasteiger partial charge in [0, 0.05) is 19.7 Å². The third-order valence-corrected chi connectivity index (χ3v) is 6.81. The molecule has 5 rings (SSSR count). The second-order valence-corrected chi connectivity index (χ2v) is 9.30. The summed E-state index contributed by atoms with van der Waals surface area (Å²) in [4.78, 5) is 29.0. The molecule has 2 atom stereocenters. The van der Waals surface area contributed by atoms with E-state index in [1.807, 2.05) is 55.5 Å². The molecule has 9 heteroatoms. The molecule has 1 fully saturated rings. The number of benzene rings is 2. The Kier molecular flexibility index (Phi) is 7.60.